The number of nitrogens with one attached hydrogen (secondary N) is 1. The van der Waals surface area contributed by atoms with Crippen LogP contribution >= 0.6 is 7.82 Å². The highest BCUT2D eigenvalue weighted by molar-refractivity contribution is 7.44. The minimum absolute atomic E-state index is 0.00530. The number of aromatic nitrogens is 4. The Morgan fingerprint density at radius 1 is 1.50 bits per heavy atom. The van der Waals surface area contributed by atoms with Gasteiger partial charge in [0.1, 0.15) is 18.3 Å². The number of phosphoric acid groups is 1. The van der Waals surface area contributed by atoms with E-state index in [1.165, 1.54) is 4.57 Å². The number of aliphatic hydroxyl groups excluding tert-OH is 2. The molecule has 0 bridgehead atoms. The number of phosphoric ester groups is 1. The number of imidazole rings is 1. The van der Waals surface area contributed by atoms with Crippen molar-refractivity contribution in [3.63, 3.8) is 0 Å². The van der Waals surface area contributed by atoms with Crippen LogP contribution in [0.15, 0.2) is 11.1 Å². The molecular formula is C10H13N5O8P-. The molecule has 0 spiro atoms. The Labute approximate surface area is 132 Å². The first-order valence-electron chi connectivity index (χ1n) is 6.59. The Kier molecular flexibility index (Phi) is 4.17. The quantitative estimate of drug-likeness (QED) is 0.342. The van der Waals surface area contributed by atoms with Gasteiger partial charge in [-0.15, -0.1) is 0 Å². The third kappa shape index (κ3) is 3.06. The molecule has 1 fully saturated rings. The smallest absolute Gasteiger partial charge is 0.280 e. The number of nitrogen functional groups attached to an aromatic ring is 1. The number of anilines is 1. The molecule has 13 nitrogen and oxygen atoms in total. The number of hydrogen-bond donors (Lipinski definition) is 5. The molecule has 6 N–H and O–H groups in total. The molecule has 2 aromatic rings. The van der Waals surface area contributed by atoms with Gasteiger partial charge in [0.15, 0.2) is 17.4 Å². The first-order chi connectivity index (χ1) is 11.2. The topological polar surface area (TPSA) is 209 Å². The number of ether oxygens (including phenoxy) is 1. The molecule has 2 aromatic heterocycles. The van der Waals surface area contributed by atoms with E-state index in [1.807, 2.05) is 0 Å². The van der Waals surface area contributed by atoms with Crippen LogP contribution in [-0.4, -0.2) is 59.5 Å². The molecule has 1 unspecified atom stereocenters. The fourth-order valence-electron chi connectivity index (χ4n) is 2.39. The van der Waals surface area contributed by atoms with Crippen LogP contribution in [0.5, 0.6) is 0 Å². The highest BCUT2D eigenvalue weighted by Crippen LogP contribution is 2.35. The van der Waals surface area contributed by atoms with Crippen molar-refractivity contribution in [2.75, 3.05) is 12.3 Å². The number of fused-ring (bicyclic) bond motifs is 1. The maximum absolute atomic E-state index is 11.7. The number of H-pyrrole nitrogens is 1. The van der Waals surface area contributed by atoms with E-state index in [0.717, 1.165) is 6.33 Å². The summed E-state index contributed by atoms with van der Waals surface area (Å²) in [6.07, 6.45) is -4.34. The minimum atomic E-state index is -5.01. The van der Waals surface area contributed by atoms with Gasteiger partial charge in [-0.25, -0.2) is 4.98 Å². The van der Waals surface area contributed by atoms with Crippen molar-refractivity contribution in [1.82, 2.24) is 19.5 Å². The molecular weight excluding hydrogens is 349 g/mol. The van der Waals surface area contributed by atoms with E-state index in [0.29, 0.717) is 0 Å². The van der Waals surface area contributed by atoms with E-state index in [2.05, 4.69) is 19.5 Å². The molecule has 1 saturated heterocycles. The van der Waals surface area contributed by atoms with Crippen molar-refractivity contribution < 1.29 is 33.8 Å². The van der Waals surface area contributed by atoms with Gasteiger partial charge in [0.25, 0.3) is 13.4 Å². The maximum atomic E-state index is 11.7. The van der Waals surface area contributed by atoms with Crippen molar-refractivity contribution in [2.45, 2.75) is 24.5 Å². The van der Waals surface area contributed by atoms with E-state index in [-0.39, 0.29) is 17.1 Å². The molecule has 3 heterocycles. The molecule has 1 aliphatic heterocycles. The second kappa shape index (κ2) is 5.89. The molecule has 14 heteroatoms. The zero-order valence-corrected chi connectivity index (χ0v) is 12.7. The van der Waals surface area contributed by atoms with Crippen LogP contribution in [0, 0.1) is 0 Å². The van der Waals surface area contributed by atoms with Crippen LogP contribution in [0.2, 0.25) is 0 Å². The van der Waals surface area contributed by atoms with E-state index in [1.54, 1.807) is 0 Å². The van der Waals surface area contributed by atoms with Gasteiger partial charge in [-0.2, -0.15) is 4.98 Å². The zero-order chi connectivity index (χ0) is 17.6. The number of nitrogens with zero attached hydrogens (tertiary/aromatic N) is 3. The van der Waals surface area contributed by atoms with Crippen molar-refractivity contribution in [3.05, 3.63) is 16.7 Å². The van der Waals surface area contributed by atoms with Crippen LogP contribution in [-0.2, 0) is 13.8 Å². The number of hydrogen-bond acceptors (Lipinski definition) is 10. The Balaban J connectivity index is 1.90. The summed E-state index contributed by atoms with van der Waals surface area (Å²) in [6, 6.07) is 0. The molecule has 0 radical (unpaired) electrons. The van der Waals surface area contributed by atoms with Gasteiger partial charge in [-0.1, -0.05) is 0 Å². The lowest BCUT2D eigenvalue weighted by molar-refractivity contribution is -0.222. The van der Waals surface area contributed by atoms with E-state index < -0.39 is 44.5 Å². The largest absolute Gasteiger partial charge is 0.756 e. The SMILES string of the molecule is Nc1nc2c(ncn2[C@H]2O[C@@H](COP(=O)([O-])O)[C@H](O)[C@H]2O)c(=O)[nH]1. The van der Waals surface area contributed by atoms with Crippen molar-refractivity contribution >= 4 is 24.9 Å². The van der Waals surface area contributed by atoms with Crippen molar-refractivity contribution in [3.8, 4) is 0 Å². The summed E-state index contributed by atoms with van der Waals surface area (Å²) in [4.78, 5) is 40.9. The standard InChI is InChI=1S/C10H14N5O8P/c11-10-13-7-4(8(18)14-10)12-2-15(7)9-6(17)5(16)3(23-9)1-22-24(19,20)21/h2-3,5-6,9,16-17H,1H2,(H2,19,20,21)(H3,11,13,14,18)/p-1/t3-,5-,6+,9-/m0/s1. The van der Waals surface area contributed by atoms with Crippen LogP contribution in [0.1, 0.15) is 6.23 Å². The minimum Gasteiger partial charge on any atom is -0.756 e. The summed E-state index contributed by atoms with van der Waals surface area (Å²) in [5.74, 6) is -0.185. The molecule has 132 valence electrons. The molecule has 0 aliphatic carbocycles. The van der Waals surface area contributed by atoms with Gasteiger partial charge in [0, 0.05) is 0 Å². The van der Waals surface area contributed by atoms with Crippen molar-refractivity contribution in [1.29, 1.82) is 0 Å². The number of aliphatic hydroxyl groups is 2. The van der Waals surface area contributed by atoms with Gasteiger partial charge in [-0.05, 0) is 0 Å². The molecule has 1 aliphatic rings. The summed E-state index contributed by atoms with van der Waals surface area (Å²) in [6.45, 7) is -0.714. The van der Waals surface area contributed by atoms with Gasteiger partial charge in [0.05, 0.1) is 12.9 Å². The van der Waals surface area contributed by atoms with Crippen molar-refractivity contribution in [2.24, 2.45) is 0 Å². The Bertz CT molecular complexity index is 861. The summed E-state index contributed by atoms with van der Waals surface area (Å²) < 4.78 is 21.3. The highest BCUT2D eigenvalue weighted by atomic mass is 31.2. The van der Waals surface area contributed by atoms with Crippen LogP contribution in [0.4, 0.5) is 5.95 Å². The van der Waals surface area contributed by atoms with Crippen LogP contribution in [0.3, 0.4) is 0 Å². The number of aromatic amines is 1. The van der Waals surface area contributed by atoms with Crippen LogP contribution < -0.4 is 16.2 Å². The lowest BCUT2D eigenvalue weighted by Crippen LogP contribution is -2.34. The predicted molar refractivity (Wildman–Crippen MR) is 74.3 cm³/mol. The lowest BCUT2D eigenvalue weighted by Gasteiger charge is -2.20. The Morgan fingerprint density at radius 3 is 2.88 bits per heavy atom. The second-order valence-corrected chi connectivity index (χ2v) is 6.28. The third-order valence-corrected chi connectivity index (χ3v) is 3.94. The normalized spacial score (nSPS) is 29.8. The van der Waals surface area contributed by atoms with E-state index in [4.69, 9.17) is 15.4 Å². The Morgan fingerprint density at radius 2 is 2.21 bits per heavy atom. The Hall–Kier alpha value is -1.86. The van der Waals surface area contributed by atoms with Gasteiger partial charge in [-0.3, -0.25) is 18.9 Å². The average molecular weight is 362 g/mol. The first kappa shape index (κ1) is 17.0. The van der Waals surface area contributed by atoms with E-state index >= 15 is 0 Å². The van der Waals surface area contributed by atoms with Crippen LogP contribution in [0.25, 0.3) is 11.2 Å². The van der Waals surface area contributed by atoms with E-state index in [9.17, 15) is 24.5 Å². The summed E-state index contributed by atoms with van der Waals surface area (Å²) in [7, 11) is -5.01. The third-order valence-electron chi connectivity index (χ3n) is 3.46. The molecule has 24 heavy (non-hydrogen) atoms. The summed E-state index contributed by atoms with van der Waals surface area (Å²) in [5.41, 5.74) is 4.81. The fourth-order valence-corrected chi connectivity index (χ4v) is 2.73. The molecule has 5 atom stereocenters. The molecule has 0 saturated carbocycles. The molecule has 3 rings (SSSR count). The zero-order valence-electron chi connectivity index (χ0n) is 11.8. The van der Waals surface area contributed by atoms with Gasteiger partial charge in [0.2, 0.25) is 5.95 Å². The number of rotatable bonds is 4. The molecule has 0 amide bonds. The highest BCUT2D eigenvalue weighted by Gasteiger charge is 2.44. The maximum Gasteiger partial charge on any atom is 0.280 e. The number of nitrogens with two attached hydrogens (primary N) is 1. The summed E-state index contributed by atoms with van der Waals surface area (Å²) >= 11 is 0. The lowest BCUT2D eigenvalue weighted by atomic mass is 10.1. The predicted octanol–water partition coefficient (Wildman–Crippen LogP) is -3.20. The summed E-state index contributed by atoms with van der Waals surface area (Å²) in [5, 5.41) is 20.0. The first-order valence-corrected chi connectivity index (χ1v) is 8.09. The van der Waals surface area contributed by atoms with Gasteiger partial charge >= 0.3 is 0 Å². The average Bonchev–Trinajstić information content (AvgIpc) is 3.00. The molecule has 0 aromatic carbocycles. The monoisotopic (exact) mass is 362 g/mol. The fraction of sp³-hybridized carbons (Fsp3) is 0.500. The second-order valence-electron chi connectivity index (χ2n) is 5.09. The van der Waals surface area contributed by atoms with Gasteiger partial charge < -0.3 is 35.0 Å².